The summed E-state index contributed by atoms with van der Waals surface area (Å²) in [6, 6.07) is 0. The van der Waals surface area contributed by atoms with Gasteiger partial charge in [0.15, 0.2) is 23.1 Å². The van der Waals surface area contributed by atoms with Crippen molar-refractivity contribution in [2.45, 2.75) is 27.7 Å². The number of hydrogen-bond acceptors (Lipinski definition) is 6. The van der Waals surface area contributed by atoms with Crippen molar-refractivity contribution in [3.8, 4) is 5.75 Å². The second-order valence-electron chi connectivity index (χ2n) is 4.75. The zero-order valence-electron chi connectivity index (χ0n) is 12.4. The maximum atomic E-state index is 11.9. The summed E-state index contributed by atoms with van der Waals surface area (Å²) in [7, 11) is 0. The van der Waals surface area contributed by atoms with E-state index in [0.717, 1.165) is 27.7 Å². The van der Waals surface area contributed by atoms with Crippen LogP contribution >= 0.6 is 0 Å². The van der Waals surface area contributed by atoms with Crippen molar-refractivity contribution < 1.29 is 34.2 Å². The Balaban J connectivity index is 4.31. The summed E-state index contributed by atoms with van der Waals surface area (Å²) in [6.45, 7) is 4.12. The van der Waals surface area contributed by atoms with E-state index in [9.17, 15) is 34.2 Å². The lowest BCUT2D eigenvalue weighted by atomic mass is 9.84. The third kappa shape index (κ3) is 2.65. The number of rotatable bonds is 5. The SMILES string of the molecule is CC(=O)c1c(O)c(C(=O)O)c(C(C)=O)c(C(C)=O)c1C(C)=O. The maximum absolute atomic E-state index is 11.9. The second kappa shape index (κ2) is 5.88. The molecule has 116 valence electrons. The molecule has 0 aliphatic carbocycles. The minimum atomic E-state index is -1.68. The summed E-state index contributed by atoms with van der Waals surface area (Å²) in [5.74, 6) is -5.74. The van der Waals surface area contributed by atoms with E-state index >= 15 is 0 Å². The molecule has 0 aliphatic rings. The molecule has 0 radical (unpaired) electrons. The van der Waals surface area contributed by atoms with Crippen molar-refractivity contribution in [3.63, 3.8) is 0 Å². The Hall–Kier alpha value is -2.83. The number of carbonyl (C=O) groups is 5. The molecule has 0 unspecified atom stereocenters. The number of phenols is 1. The van der Waals surface area contributed by atoms with Gasteiger partial charge in [-0.25, -0.2) is 4.79 Å². The van der Waals surface area contributed by atoms with Crippen molar-refractivity contribution in [2.24, 2.45) is 0 Å². The Bertz CT molecular complexity index is 688. The van der Waals surface area contributed by atoms with Gasteiger partial charge in [0.25, 0.3) is 0 Å². The van der Waals surface area contributed by atoms with Crippen molar-refractivity contribution in [1.82, 2.24) is 0 Å². The normalized spacial score (nSPS) is 10.2. The Labute approximate surface area is 125 Å². The molecule has 1 aromatic rings. The summed E-state index contributed by atoms with van der Waals surface area (Å²) in [6.07, 6.45) is 0. The average molecular weight is 306 g/mol. The topological polar surface area (TPSA) is 126 Å². The minimum absolute atomic E-state index is 0.437. The number of benzene rings is 1. The van der Waals surface area contributed by atoms with Crippen LogP contribution in [0, 0.1) is 0 Å². The van der Waals surface area contributed by atoms with E-state index in [4.69, 9.17) is 0 Å². The first kappa shape index (κ1) is 17.2. The smallest absolute Gasteiger partial charge is 0.340 e. The first-order valence-corrected chi connectivity index (χ1v) is 6.22. The zero-order valence-corrected chi connectivity index (χ0v) is 12.4. The lowest BCUT2D eigenvalue weighted by Gasteiger charge is -2.17. The highest BCUT2D eigenvalue weighted by Crippen LogP contribution is 2.35. The average Bonchev–Trinajstić information content (AvgIpc) is 2.34. The van der Waals surface area contributed by atoms with Gasteiger partial charge in [-0.05, 0) is 27.7 Å². The van der Waals surface area contributed by atoms with Gasteiger partial charge in [0, 0.05) is 16.7 Å². The molecule has 0 amide bonds. The van der Waals surface area contributed by atoms with Crippen molar-refractivity contribution in [2.75, 3.05) is 0 Å². The lowest BCUT2D eigenvalue weighted by molar-refractivity contribution is 0.0688. The van der Waals surface area contributed by atoms with Gasteiger partial charge in [0.2, 0.25) is 0 Å². The molecule has 0 atom stereocenters. The molecule has 0 spiro atoms. The molecule has 7 heteroatoms. The number of ketones is 4. The number of Topliss-reactive ketones (excluding diaryl/α,β-unsaturated/α-hetero) is 4. The second-order valence-corrected chi connectivity index (χ2v) is 4.75. The Morgan fingerprint density at radius 1 is 0.591 bits per heavy atom. The summed E-state index contributed by atoms with van der Waals surface area (Å²) >= 11 is 0. The van der Waals surface area contributed by atoms with E-state index < -0.39 is 62.7 Å². The van der Waals surface area contributed by atoms with Crippen molar-refractivity contribution >= 4 is 29.1 Å². The van der Waals surface area contributed by atoms with Gasteiger partial charge in [-0.3, -0.25) is 19.2 Å². The highest BCUT2D eigenvalue weighted by atomic mass is 16.4. The lowest BCUT2D eigenvalue weighted by Crippen LogP contribution is -2.20. The van der Waals surface area contributed by atoms with Gasteiger partial charge < -0.3 is 10.2 Å². The van der Waals surface area contributed by atoms with Crippen LogP contribution in [-0.2, 0) is 0 Å². The Morgan fingerprint density at radius 2 is 0.864 bits per heavy atom. The molecular weight excluding hydrogens is 292 g/mol. The van der Waals surface area contributed by atoms with Crippen LogP contribution in [0.3, 0.4) is 0 Å². The molecule has 0 aromatic heterocycles. The van der Waals surface area contributed by atoms with Crippen LogP contribution in [0.25, 0.3) is 0 Å². The number of carboxylic acids is 1. The van der Waals surface area contributed by atoms with Crippen LogP contribution < -0.4 is 0 Å². The number of carbonyl (C=O) groups excluding carboxylic acids is 4. The van der Waals surface area contributed by atoms with Crippen LogP contribution in [0.4, 0.5) is 0 Å². The maximum Gasteiger partial charge on any atom is 0.340 e. The molecule has 1 aromatic carbocycles. The van der Waals surface area contributed by atoms with Gasteiger partial charge in [0.05, 0.1) is 5.56 Å². The standard InChI is InChI=1S/C15H14O7/c1-5(16)9-10(6(2)17)12(8(4)19)14(20)13(15(21)22)11(9)7(3)18/h20H,1-4H3,(H,21,22). The van der Waals surface area contributed by atoms with E-state index in [0.29, 0.717) is 0 Å². The summed E-state index contributed by atoms with van der Waals surface area (Å²) in [5, 5.41) is 19.3. The molecule has 0 aliphatic heterocycles. The molecule has 7 nitrogen and oxygen atoms in total. The predicted octanol–water partition coefficient (Wildman–Crippen LogP) is 1.90. The fourth-order valence-corrected chi connectivity index (χ4v) is 2.34. The number of hydrogen-bond donors (Lipinski definition) is 2. The number of aromatic hydroxyl groups is 1. The molecule has 0 fully saturated rings. The van der Waals surface area contributed by atoms with E-state index in [2.05, 4.69) is 0 Å². The quantitative estimate of drug-likeness (QED) is 0.795. The van der Waals surface area contributed by atoms with Crippen LogP contribution in [0.15, 0.2) is 0 Å². The molecule has 1 rings (SSSR count). The van der Waals surface area contributed by atoms with E-state index in [-0.39, 0.29) is 0 Å². The van der Waals surface area contributed by atoms with E-state index in [1.807, 2.05) is 0 Å². The predicted molar refractivity (Wildman–Crippen MR) is 75.1 cm³/mol. The Morgan fingerprint density at radius 3 is 1.14 bits per heavy atom. The van der Waals surface area contributed by atoms with E-state index in [1.54, 1.807) is 0 Å². The summed E-state index contributed by atoms with van der Waals surface area (Å²) < 4.78 is 0. The first-order chi connectivity index (χ1) is 10.0. The van der Waals surface area contributed by atoms with Crippen LogP contribution in [0.1, 0.15) is 79.5 Å². The highest BCUT2D eigenvalue weighted by molar-refractivity contribution is 6.23. The fourth-order valence-electron chi connectivity index (χ4n) is 2.34. The van der Waals surface area contributed by atoms with E-state index in [1.165, 1.54) is 0 Å². The number of carboxylic acid groups (broad SMARTS) is 1. The van der Waals surface area contributed by atoms with Gasteiger partial charge in [-0.15, -0.1) is 0 Å². The third-order valence-corrected chi connectivity index (χ3v) is 3.10. The van der Waals surface area contributed by atoms with Crippen molar-refractivity contribution in [1.29, 1.82) is 0 Å². The van der Waals surface area contributed by atoms with Gasteiger partial charge in [-0.1, -0.05) is 0 Å². The largest absolute Gasteiger partial charge is 0.506 e. The van der Waals surface area contributed by atoms with Gasteiger partial charge in [-0.2, -0.15) is 0 Å². The minimum Gasteiger partial charge on any atom is -0.506 e. The summed E-state index contributed by atoms with van der Waals surface area (Å²) in [5.41, 5.74) is -2.89. The molecule has 0 saturated heterocycles. The van der Waals surface area contributed by atoms with Crippen molar-refractivity contribution in [3.05, 3.63) is 27.8 Å². The molecule has 22 heavy (non-hydrogen) atoms. The summed E-state index contributed by atoms with van der Waals surface area (Å²) in [4.78, 5) is 58.6. The first-order valence-electron chi connectivity index (χ1n) is 6.22. The molecular formula is C15H14O7. The zero-order chi connectivity index (χ0) is 17.4. The van der Waals surface area contributed by atoms with Crippen LogP contribution in [-0.4, -0.2) is 39.3 Å². The Kier molecular flexibility index (Phi) is 4.61. The molecule has 0 bridgehead atoms. The van der Waals surface area contributed by atoms with Gasteiger partial charge >= 0.3 is 5.97 Å². The third-order valence-electron chi connectivity index (χ3n) is 3.10. The molecule has 2 N–H and O–H groups in total. The highest BCUT2D eigenvalue weighted by Gasteiger charge is 2.33. The molecule has 0 saturated carbocycles. The number of aromatic carboxylic acids is 1. The monoisotopic (exact) mass is 306 g/mol. The molecule has 0 heterocycles. The fraction of sp³-hybridized carbons (Fsp3) is 0.267. The van der Waals surface area contributed by atoms with Crippen LogP contribution in [0.5, 0.6) is 5.75 Å². The van der Waals surface area contributed by atoms with Crippen LogP contribution in [0.2, 0.25) is 0 Å². The van der Waals surface area contributed by atoms with Gasteiger partial charge in [0.1, 0.15) is 11.3 Å².